The van der Waals surface area contributed by atoms with Crippen molar-refractivity contribution in [3.63, 3.8) is 0 Å². The van der Waals surface area contributed by atoms with Crippen LogP contribution in [0.5, 0.6) is 0 Å². The lowest BCUT2D eigenvalue weighted by molar-refractivity contribution is -0.134. The molecule has 22 heavy (non-hydrogen) atoms. The summed E-state index contributed by atoms with van der Waals surface area (Å²) in [5, 5.41) is 6.92. The molecule has 0 saturated carbocycles. The lowest BCUT2D eigenvalue weighted by atomic mass is 10.1. The van der Waals surface area contributed by atoms with E-state index in [-0.39, 0.29) is 17.9 Å². The van der Waals surface area contributed by atoms with Crippen LogP contribution in [0.1, 0.15) is 45.5 Å². The Morgan fingerprint density at radius 1 is 1.36 bits per heavy atom. The number of carbonyl (C=O) groups is 1. The first kappa shape index (κ1) is 18.6. The van der Waals surface area contributed by atoms with E-state index in [2.05, 4.69) is 29.3 Å². The quantitative estimate of drug-likeness (QED) is 0.746. The van der Waals surface area contributed by atoms with Crippen LogP contribution >= 0.6 is 0 Å². The van der Waals surface area contributed by atoms with Crippen molar-refractivity contribution in [1.29, 1.82) is 0 Å². The second-order valence-electron chi connectivity index (χ2n) is 6.07. The smallest absolute Gasteiger partial charge is 0.246 e. The third kappa shape index (κ3) is 5.73. The fourth-order valence-electron chi connectivity index (χ4n) is 1.96. The molecule has 0 aliphatic carbocycles. The summed E-state index contributed by atoms with van der Waals surface area (Å²) >= 11 is 0. The van der Waals surface area contributed by atoms with Crippen LogP contribution in [0.4, 0.5) is 0 Å². The van der Waals surface area contributed by atoms with Crippen LogP contribution in [0.3, 0.4) is 0 Å². The highest BCUT2D eigenvalue weighted by Crippen LogP contribution is 2.15. The van der Waals surface area contributed by atoms with Gasteiger partial charge in [-0.25, -0.2) is 0 Å². The van der Waals surface area contributed by atoms with Gasteiger partial charge in [0.25, 0.3) is 0 Å². The number of nitrogens with zero attached hydrogens (tertiary/aromatic N) is 3. The number of nitrogens with one attached hydrogen (secondary N) is 1. The average Bonchev–Trinajstić information content (AvgIpc) is 2.92. The molecule has 126 valence electrons. The van der Waals surface area contributed by atoms with Gasteiger partial charge in [-0.3, -0.25) is 4.79 Å². The minimum Gasteiger partial charge on any atom is -0.370 e. The molecule has 0 fully saturated rings. The Hall–Kier alpha value is -1.47. The summed E-state index contributed by atoms with van der Waals surface area (Å²) < 4.78 is 10.9. The largest absolute Gasteiger partial charge is 0.370 e. The Morgan fingerprint density at radius 3 is 2.64 bits per heavy atom. The second kappa shape index (κ2) is 8.85. The molecule has 1 amide bonds. The van der Waals surface area contributed by atoms with Crippen LogP contribution in [0.2, 0.25) is 0 Å². The molecule has 0 aliphatic rings. The lowest BCUT2D eigenvalue weighted by Gasteiger charge is -2.19. The fourth-order valence-corrected chi connectivity index (χ4v) is 1.96. The minimum absolute atomic E-state index is 0.0400. The number of rotatable bonds is 9. The molecular weight excluding hydrogens is 284 g/mol. The molecule has 7 heteroatoms. The summed E-state index contributed by atoms with van der Waals surface area (Å²) in [4.78, 5) is 18.0. The highest BCUT2D eigenvalue weighted by Gasteiger charge is 2.20. The van der Waals surface area contributed by atoms with E-state index < -0.39 is 0 Å². The zero-order valence-electron chi connectivity index (χ0n) is 14.4. The Balaban J connectivity index is 2.55. The maximum absolute atomic E-state index is 12.1. The van der Waals surface area contributed by atoms with Gasteiger partial charge in [0.05, 0.1) is 6.54 Å². The predicted molar refractivity (Wildman–Crippen MR) is 83.1 cm³/mol. The molecule has 0 spiro atoms. The molecule has 2 unspecified atom stereocenters. The number of carbonyl (C=O) groups excluding carboxylic acids is 1. The highest BCUT2D eigenvalue weighted by molar-refractivity contribution is 5.78. The van der Waals surface area contributed by atoms with Crippen molar-refractivity contribution in [3.8, 4) is 0 Å². The fraction of sp³-hybridized carbons (Fsp3) is 0.800. The van der Waals surface area contributed by atoms with Gasteiger partial charge >= 0.3 is 0 Å². The number of ether oxygens (including phenoxy) is 1. The molecule has 0 bridgehead atoms. The Bertz CT molecular complexity index is 461. The zero-order chi connectivity index (χ0) is 16.7. The lowest BCUT2D eigenvalue weighted by Crippen LogP contribution is -2.35. The van der Waals surface area contributed by atoms with E-state index in [1.807, 2.05) is 20.9 Å². The van der Waals surface area contributed by atoms with Gasteiger partial charge < -0.3 is 19.5 Å². The standard InChI is InChI=1S/C15H28N4O3/c1-10(2)9-21-12(4)14-17-13(22-18-14)8-19(6)15(20)11(3)7-16-5/h10-12,16H,7-9H2,1-6H3. The third-order valence-corrected chi connectivity index (χ3v) is 3.21. The van der Waals surface area contributed by atoms with Crippen LogP contribution in [0.15, 0.2) is 4.52 Å². The van der Waals surface area contributed by atoms with E-state index in [0.717, 1.165) is 0 Å². The third-order valence-electron chi connectivity index (χ3n) is 3.21. The van der Waals surface area contributed by atoms with E-state index >= 15 is 0 Å². The molecule has 2 atom stereocenters. The molecule has 0 saturated heterocycles. The minimum atomic E-state index is -0.218. The maximum atomic E-state index is 12.1. The summed E-state index contributed by atoms with van der Waals surface area (Å²) in [5.74, 6) is 1.33. The van der Waals surface area contributed by atoms with Crippen LogP contribution in [-0.2, 0) is 16.1 Å². The van der Waals surface area contributed by atoms with Gasteiger partial charge in [0.15, 0.2) is 5.82 Å². The maximum Gasteiger partial charge on any atom is 0.246 e. The number of amides is 1. The number of hydrogen-bond acceptors (Lipinski definition) is 6. The molecule has 1 heterocycles. The van der Waals surface area contributed by atoms with E-state index in [0.29, 0.717) is 37.3 Å². The molecule has 1 aromatic rings. The first-order chi connectivity index (χ1) is 10.3. The first-order valence-corrected chi connectivity index (χ1v) is 7.68. The molecule has 0 aliphatic heterocycles. The van der Waals surface area contributed by atoms with E-state index in [1.54, 1.807) is 11.9 Å². The topological polar surface area (TPSA) is 80.5 Å². The molecule has 7 nitrogen and oxygen atoms in total. The SMILES string of the molecule is CNCC(C)C(=O)N(C)Cc1nc(C(C)OCC(C)C)no1. The monoisotopic (exact) mass is 312 g/mol. The van der Waals surface area contributed by atoms with Crippen molar-refractivity contribution in [2.75, 3.05) is 27.2 Å². The van der Waals surface area contributed by atoms with Gasteiger partial charge in [-0.05, 0) is 19.9 Å². The highest BCUT2D eigenvalue weighted by atomic mass is 16.5. The van der Waals surface area contributed by atoms with Gasteiger partial charge in [0, 0.05) is 26.1 Å². The Kier molecular flexibility index (Phi) is 7.47. The molecule has 0 radical (unpaired) electrons. The van der Waals surface area contributed by atoms with Crippen molar-refractivity contribution in [1.82, 2.24) is 20.4 Å². The van der Waals surface area contributed by atoms with Crippen LogP contribution in [0, 0.1) is 11.8 Å². The summed E-state index contributed by atoms with van der Waals surface area (Å²) in [6.07, 6.45) is -0.218. The molecule has 0 aromatic carbocycles. The van der Waals surface area contributed by atoms with Gasteiger partial charge in [0.1, 0.15) is 6.10 Å². The molecule has 1 rings (SSSR count). The van der Waals surface area contributed by atoms with E-state index in [1.165, 1.54) is 0 Å². The number of hydrogen-bond donors (Lipinski definition) is 1. The normalized spacial score (nSPS) is 14.1. The van der Waals surface area contributed by atoms with Crippen LogP contribution < -0.4 is 5.32 Å². The summed E-state index contributed by atoms with van der Waals surface area (Å²) in [5.41, 5.74) is 0. The molecule has 1 N–H and O–H groups in total. The Labute approximate surface area is 132 Å². The first-order valence-electron chi connectivity index (χ1n) is 7.68. The van der Waals surface area contributed by atoms with Gasteiger partial charge in [-0.1, -0.05) is 25.9 Å². The van der Waals surface area contributed by atoms with Gasteiger partial charge in [-0.2, -0.15) is 4.98 Å². The molecule has 1 aromatic heterocycles. The van der Waals surface area contributed by atoms with Crippen molar-refractivity contribution < 1.29 is 14.1 Å². The van der Waals surface area contributed by atoms with E-state index in [9.17, 15) is 4.79 Å². The Morgan fingerprint density at radius 2 is 2.05 bits per heavy atom. The zero-order valence-corrected chi connectivity index (χ0v) is 14.4. The van der Waals surface area contributed by atoms with Crippen molar-refractivity contribution in [3.05, 3.63) is 11.7 Å². The summed E-state index contributed by atoms with van der Waals surface area (Å²) in [7, 11) is 3.56. The van der Waals surface area contributed by atoms with Gasteiger partial charge in [0.2, 0.25) is 11.8 Å². The average molecular weight is 312 g/mol. The predicted octanol–water partition coefficient (Wildman–Crippen LogP) is 1.62. The van der Waals surface area contributed by atoms with Crippen LogP contribution in [-0.4, -0.2) is 48.2 Å². The van der Waals surface area contributed by atoms with Crippen LogP contribution in [0.25, 0.3) is 0 Å². The van der Waals surface area contributed by atoms with E-state index in [4.69, 9.17) is 9.26 Å². The number of aromatic nitrogens is 2. The summed E-state index contributed by atoms with van der Waals surface area (Å²) in [6, 6.07) is 0. The van der Waals surface area contributed by atoms with Crippen molar-refractivity contribution >= 4 is 5.91 Å². The van der Waals surface area contributed by atoms with Crippen molar-refractivity contribution in [2.45, 2.75) is 40.3 Å². The van der Waals surface area contributed by atoms with Crippen molar-refractivity contribution in [2.24, 2.45) is 11.8 Å². The van der Waals surface area contributed by atoms with Gasteiger partial charge in [-0.15, -0.1) is 0 Å². The molecular formula is C15H28N4O3. The second-order valence-corrected chi connectivity index (χ2v) is 6.07. The summed E-state index contributed by atoms with van der Waals surface area (Å²) in [6.45, 7) is 9.53.